The molecule has 1 aromatic rings. The third-order valence-corrected chi connectivity index (χ3v) is 1.55. The van der Waals surface area contributed by atoms with E-state index in [1.54, 1.807) is 24.3 Å². The maximum atomic E-state index is 12.1. The standard InChI is InChI=1S/C8H5F2N2/c9-7(10)8-11-5-3-1-2-4-6(5)12-8/h1-4,7H. The number of rotatable bonds is 1. The summed E-state index contributed by atoms with van der Waals surface area (Å²) < 4.78 is 24.2. The molecular formula is C8H5F2N2. The molecule has 0 bridgehead atoms. The SMILES string of the molecule is FC(F)C1=Nc2ccccc2[N]1. The molecule has 1 heterocycles. The predicted molar refractivity (Wildman–Crippen MR) is 41.3 cm³/mol. The van der Waals surface area contributed by atoms with E-state index in [0.717, 1.165) is 0 Å². The zero-order valence-corrected chi connectivity index (χ0v) is 6.04. The molecule has 0 atom stereocenters. The van der Waals surface area contributed by atoms with Crippen LogP contribution in [0.1, 0.15) is 0 Å². The lowest BCUT2D eigenvalue weighted by Gasteiger charge is -1.95. The van der Waals surface area contributed by atoms with Crippen molar-refractivity contribution < 1.29 is 8.78 Å². The molecule has 1 radical (unpaired) electrons. The van der Waals surface area contributed by atoms with Gasteiger partial charge in [-0.1, -0.05) is 12.1 Å². The van der Waals surface area contributed by atoms with Gasteiger partial charge in [0.15, 0.2) is 5.84 Å². The first-order valence-electron chi connectivity index (χ1n) is 3.45. The van der Waals surface area contributed by atoms with Gasteiger partial charge in [-0.3, -0.25) is 0 Å². The molecule has 0 aromatic heterocycles. The van der Waals surface area contributed by atoms with Crippen molar-refractivity contribution >= 4 is 17.2 Å². The van der Waals surface area contributed by atoms with Gasteiger partial charge in [0, 0.05) is 0 Å². The third kappa shape index (κ3) is 1.05. The van der Waals surface area contributed by atoms with Crippen LogP contribution >= 0.6 is 0 Å². The van der Waals surface area contributed by atoms with Crippen molar-refractivity contribution in [3.63, 3.8) is 0 Å². The van der Waals surface area contributed by atoms with Gasteiger partial charge in [0.05, 0.1) is 11.4 Å². The fourth-order valence-electron chi connectivity index (χ4n) is 1.02. The monoisotopic (exact) mass is 167 g/mol. The average molecular weight is 167 g/mol. The summed E-state index contributed by atoms with van der Waals surface area (Å²) in [5, 5.41) is 3.65. The van der Waals surface area contributed by atoms with Gasteiger partial charge in [-0.05, 0) is 12.1 Å². The Balaban J connectivity index is 2.35. The van der Waals surface area contributed by atoms with Crippen LogP contribution in [0.4, 0.5) is 20.2 Å². The van der Waals surface area contributed by atoms with Crippen molar-refractivity contribution in [2.24, 2.45) is 4.99 Å². The summed E-state index contributed by atoms with van der Waals surface area (Å²) in [6.07, 6.45) is -2.59. The molecule has 2 nitrogen and oxygen atoms in total. The lowest BCUT2D eigenvalue weighted by Crippen LogP contribution is -2.15. The van der Waals surface area contributed by atoms with Crippen LogP contribution in [0.2, 0.25) is 0 Å². The summed E-state index contributed by atoms with van der Waals surface area (Å²) in [4.78, 5) is 3.65. The minimum absolute atomic E-state index is 0.392. The first-order chi connectivity index (χ1) is 5.77. The van der Waals surface area contributed by atoms with Gasteiger partial charge in [0.1, 0.15) is 0 Å². The van der Waals surface area contributed by atoms with E-state index in [0.29, 0.717) is 11.4 Å². The van der Waals surface area contributed by atoms with E-state index in [2.05, 4.69) is 10.3 Å². The number of hydrogen-bond acceptors (Lipinski definition) is 1. The Kier molecular flexibility index (Phi) is 1.53. The summed E-state index contributed by atoms with van der Waals surface area (Å²) in [5.74, 6) is -0.392. The fraction of sp³-hybridized carbons (Fsp3) is 0.125. The van der Waals surface area contributed by atoms with Crippen LogP contribution < -0.4 is 5.32 Å². The number of para-hydroxylation sites is 2. The lowest BCUT2D eigenvalue weighted by atomic mass is 10.3. The number of aliphatic imine (C=N–C) groups is 1. The molecule has 61 valence electrons. The Hall–Kier alpha value is -1.45. The van der Waals surface area contributed by atoms with E-state index < -0.39 is 12.3 Å². The highest BCUT2D eigenvalue weighted by Crippen LogP contribution is 2.30. The largest absolute Gasteiger partial charge is 0.297 e. The molecule has 0 unspecified atom stereocenters. The smallest absolute Gasteiger partial charge is 0.226 e. The summed E-state index contributed by atoms with van der Waals surface area (Å²) in [6.45, 7) is 0. The van der Waals surface area contributed by atoms with Crippen LogP contribution in [-0.4, -0.2) is 12.3 Å². The van der Waals surface area contributed by atoms with E-state index in [1.807, 2.05) is 0 Å². The number of hydrogen-bond donors (Lipinski definition) is 0. The molecule has 0 saturated heterocycles. The summed E-state index contributed by atoms with van der Waals surface area (Å²) in [7, 11) is 0. The van der Waals surface area contributed by atoms with Crippen LogP contribution in [0, 0.1) is 0 Å². The number of benzene rings is 1. The Morgan fingerprint density at radius 3 is 2.33 bits per heavy atom. The molecule has 1 aromatic carbocycles. The molecule has 0 fully saturated rings. The van der Waals surface area contributed by atoms with E-state index in [1.165, 1.54) is 0 Å². The Morgan fingerprint density at radius 1 is 1.08 bits per heavy atom. The summed E-state index contributed by atoms with van der Waals surface area (Å²) in [5.41, 5.74) is 1.04. The highest BCUT2D eigenvalue weighted by atomic mass is 19.3. The highest BCUT2D eigenvalue weighted by molar-refractivity contribution is 5.97. The van der Waals surface area contributed by atoms with Crippen LogP contribution in [0.3, 0.4) is 0 Å². The zero-order chi connectivity index (χ0) is 8.55. The number of halogens is 2. The first kappa shape index (κ1) is 7.21. The summed E-state index contributed by atoms with van der Waals surface area (Å²) >= 11 is 0. The molecule has 0 N–H and O–H groups in total. The Labute approximate surface area is 67.9 Å². The van der Waals surface area contributed by atoms with Crippen LogP contribution in [0.25, 0.3) is 0 Å². The molecule has 12 heavy (non-hydrogen) atoms. The predicted octanol–water partition coefficient (Wildman–Crippen LogP) is 2.23. The van der Waals surface area contributed by atoms with Crippen molar-refractivity contribution in [3.8, 4) is 0 Å². The number of amidine groups is 1. The van der Waals surface area contributed by atoms with E-state index in [9.17, 15) is 8.78 Å². The van der Waals surface area contributed by atoms with Gasteiger partial charge in [0.25, 0.3) is 6.43 Å². The van der Waals surface area contributed by atoms with Gasteiger partial charge < -0.3 is 0 Å². The van der Waals surface area contributed by atoms with Crippen LogP contribution in [0.5, 0.6) is 0 Å². The topological polar surface area (TPSA) is 26.5 Å². The van der Waals surface area contributed by atoms with Crippen molar-refractivity contribution in [1.29, 1.82) is 0 Å². The van der Waals surface area contributed by atoms with Gasteiger partial charge >= 0.3 is 0 Å². The van der Waals surface area contributed by atoms with Crippen LogP contribution in [0.15, 0.2) is 29.3 Å². The second-order valence-electron chi connectivity index (χ2n) is 2.37. The van der Waals surface area contributed by atoms with Gasteiger partial charge in [-0.25, -0.2) is 19.1 Å². The maximum absolute atomic E-state index is 12.1. The number of nitrogens with zero attached hydrogens (tertiary/aromatic N) is 2. The number of fused-ring (bicyclic) bond motifs is 1. The second kappa shape index (κ2) is 2.55. The van der Waals surface area contributed by atoms with E-state index in [-0.39, 0.29) is 0 Å². The average Bonchev–Trinajstić information content (AvgIpc) is 2.46. The Morgan fingerprint density at radius 2 is 1.75 bits per heavy atom. The van der Waals surface area contributed by atoms with Crippen molar-refractivity contribution in [2.45, 2.75) is 6.43 Å². The molecule has 0 amide bonds. The molecule has 1 aliphatic heterocycles. The second-order valence-corrected chi connectivity index (χ2v) is 2.37. The minimum atomic E-state index is -2.59. The fourth-order valence-corrected chi connectivity index (χ4v) is 1.02. The molecule has 0 saturated carbocycles. The normalized spacial score (nSPS) is 14.1. The minimum Gasteiger partial charge on any atom is -0.226 e. The van der Waals surface area contributed by atoms with E-state index in [4.69, 9.17) is 0 Å². The van der Waals surface area contributed by atoms with Gasteiger partial charge in [-0.2, -0.15) is 0 Å². The molecule has 0 aliphatic carbocycles. The van der Waals surface area contributed by atoms with Gasteiger partial charge in [-0.15, -0.1) is 0 Å². The van der Waals surface area contributed by atoms with Crippen molar-refractivity contribution in [2.75, 3.05) is 0 Å². The molecular weight excluding hydrogens is 162 g/mol. The highest BCUT2D eigenvalue weighted by Gasteiger charge is 2.22. The summed E-state index contributed by atoms with van der Waals surface area (Å²) in [6, 6.07) is 6.81. The molecule has 0 spiro atoms. The van der Waals surface area contributed by atoms with Gasteiger partial charge in [0.2, 0.25) is 0 Å². The van der Waals surface area contributed by atoms with Crippen molar-refractivity contribution in [3.05, 3.63) is 24.3 Å². The zero-order valence-electron chi connectivity index (χ0n) is 6.04. The van der Waals surface area contributed by atoms with Crippen molar-refractivity contribution in [1.82, 2.24) is 5.32 Å². The maximum Gasteiger partial charge on any atom is 0.297 e. The van der Waals surface area contributed by atoms with Crippen LogP contribution in [-0.2, 0) is 0 Å². The third-order valence-electron chi connectivity index (χ3n) is 1.55. The molecule has 1 aliphatic rings. The Bertz CT molecular complexity index is 334. The molecule has 4 heteroatoms. The quantitative estimate of drug-likeness (QED) is 0.613. The lowest BCUT2D eigenvalue weighted by molar-refractivity contribution is 0.222. The number of alkyl halides is 2. The first-order valence-corrected chi connectivity index (χ1v) is 3.45. The molecule has 2 rings (SSSR count). The van der Waals surface area contributed by atoms with E-state index >= 15 is 0 Å².